The molecule has 0 amide bonds. The van der Waals surface area contributed by atoms with Crippen molar-refractivity contribution in [3.8, 4) is 0 Å². The van der Waals surface area contributed by atoms with Crippen LogP contribution in [0.4, 0.5) is 0 Å². The lowest BCUT2D eigenvalue weighted by molar-refractivity contribution is 0.0551. The Morgan fingerprint density at radius 2 is 2.05 bits per heavy atom. The summed E-state index contributed by atoms with van der Waals surface area (Å²) in [6.07, 6.45) is 1.85. The van der Waals surface area contributed by atoms with Gasteiger partial charge in [0.25, 0.3) is 0 Å². The summed E-state index contributed by atoms with van der Waals surface area (Å²) in [6.45, 7) is 8.64. The van der Waals surface area contributed by atoms with Crippen LogP contribution in [0.2, 0.25) is 0 Å². The molecule has 0 aromatic carbocycles. The first-order valence-electron chi connectivity index (χ1n) is 6.80. The molecule has 4 nitrogen and oxygen atoms in total. The van der Waals surface area contributed by atoms with Gasteiger partial charge in [0.2, 0.25) is 0 Å². The van der Waals surface area contributed by atoms with Crippen molar-refractivity contribution in [2.45, 2.75) is 39.8 Å². The van der Waals surface area contributed by atoms with Crippen molar-refractivity contribution >= 4 is 0 Å². The molecule has 0 saturated carbocycles. The highest BCUT2D eigenvalue weighted by Crippen LogP contribution is 2.26. The Morgan fingerprint density at radius 3 is 2.60 bits per heavy atom. The Kier molecular flexibility index (Phi) is 4.26. The molecule has 2 heterocycles. The summed E-state index contributed by atoms with van der Waals surface area (Å²) in [5.41, 5.74) is 1.99. The van der Waals surface area contributed by atoms with E-state index >= 15 is 0 Å². The minimum atomic E-state index is -0.952. The summed E-state index contributed by atoms with van der Waals surface area (Å²) in [4.78, 5) is 4.33. The molecular formula is C16H22N2O2. The fraction of sp³-hybridized carbons (Fsp3) is 0.438. The molecule has 1 atom stereocenters. The van der Waals surface area contributed by atoms with Crippen LogP contribution in [-0.4, -0.2) is 16.6 Å². The van der Waals surface area contributed by atoms with Crippen LogP contribution in [0.1, 0.15) is 35.3 Å². The SMILES string of the molecule is Cc1ccc(CNCC(C)(O)c2cc(C)oc2C)nc1. The van der Waals surface area contributed by atoms with E-state index in [0.717, 1.165) is 28.3 Å². The third-order valence-electron chi connectivity index (χ3n) is 3.37. The second kappa shape index (κ2) is 5.77. The normalized spacial score (nSPS) is 14.2. The Morgan fingerprint density at radius 1 is 1.30 bits per heavy atom. The van der Waals surface area contributed by atoms with Gasteiger partial charge in [0.15, 0.2) is 0 Å². The summed E-state index contributed by atoms with van der Waals surface area (Å²) in [7, 11) is 0. The maximum Gasteiger partial charge on any atom is 0.107 e. The third kappa shape index (κ3) is 3.46. The van der Waals surface area contributed by atoms with Gasteiger partial charge in [-0.2, -0.15) is 0 Å². The zero-order chi connectivity index (χ0) is 14.8. The molecule has 0 aliphatic heterocycles. The molecule has 2 aromatic rings. The quantitative estimate of drug-likeness (QED) is 0.880. The fourth-order valence-corrected chi connectivity index (χ4v) is 2.30. The molecule has 2 aromatic heterocycles. The lowest BCUT2D eigenvalue weighted by Crippen LogP contribution is -2.35. The molecule has 0 spiro atoms. The Bertz CT molecular complexity index is 571. The van der Waals surface area contributed by atoms with Crippen LogP contribution >= 0.6 is 0 Å². The molecule has 0 aliphatic carbocycles. The van der Waals surface area contributed by atoms with Gasteiger partial charge >= 0.3 is 0 Å². The number of aliphatic hydroxyl groups is 1. The first-order valence-corrected chi connectivity index (χ1v) is 6.80. The van der Waals surface area contributed by atoms with E-state index in [9.17, 15) is 5.11 Å². The summed E-state index contributed by atoms with van der Waals surface area (Å²) >= 11 is 0. The standard InChI is InChI=1S/C16H22N2O2/c1-11-5-6-14(18-8-11)9-17-10-16(4,19)15-7-12(2)20-13(15)3/h5-8,17,19H,9-10H2,1-4H3. The van der Waals surface area contributed by atoms with Crippen molar-refractivity contribution < 1.29 is 9.52 Å². The van der Waals surface area contributed by atoms with Crippen LogP contribution in [0, 0.1) is 20.8 Å². The average molecular weight is 274 g/mol. The number of aryl methyl sites for hydroxylation is 3. The van der Waals surface area contributed by atoms with Gasteiger partial charge in [0.05, 0.1) is 5.69 Å². The molecule has 1 unspecified atom stereocenters. The number of furan rings is 1. The van der Waals surface area contributed by atoms with Gasteiger partial charge in [-0.3, -0.25) is 4.98 Å². The van der Waals surface area contributed by atoms with Crippen LogP contribution in [0.3, 0.4) is 0 Å². The molecule has 0 bridgehead atoms. The predicted octanol–water partition coefficient (Wildman–Crippen LogP) is 2.60. The largest absolute Gasteiger partial charge is 0.466 e. The lowest BCUT2D eigenvalue weighted by atomic mass is 9.96. The van der Waals surface area contributed by atoms with E-state index in [-0.39, 0.29) is 0 Å². The molecule has 0 aliphatic rings. The van der Waals surface area contributed by atoms with Gasteiger partial charge in [0.1, 0.15) is 17.1 Å². The minimum Gasteiger partial charge on any atom is -0.466 e. The van der Waals surface area contributed by atoms with Gasteiger partial charge in [-0.1, -0.05) is 6.07 Å². The van der Waals surface area contributed by atoms with Gasteiger partial charge in [0, 0.05) is 24.8 Å². The highest BCUT2D eigenvalue weighted by Gasteiger charge is 2.27. The molecule has 0 radical (unpaired) electrons. The fourth-order valence-electron chi connectivity index (χ4n) is 2.30. The highest BCUT2D eigenvalue weighted by atomic mass is 16.3. The number of hydrogen-bond acceptors (Lipinski definition) is 4. The van der Waals surface area contributed by atoms with Crippen LogP contribution in [0.25, 0.3) is 0 Å². The number of aromatic nitrogens is 1. The predicted molar refractivity (Wildman–Crippen MR) is 78.4 cm³/mol. The van der Waals surface area contributed by atoms with Crippen molar-refractivity contribution in [1.29, 1.82) is 0 Å². The first kappa shape index (κ1) is 14.8. The van der Waals surface area contributed by atoms with E-state index in [1.807, 2.05) is 45.2 Å². The lowest BCUT2D eigenvalue weighted by Gasteiger charge is -2.23. The number of pyridine rings is 1. The van der Waals surface area contributed by atoms with Crippen molar-refractivity contribution in [2.24, 2.45) is 0 Å². The van der Waals surface area contributed by atoms with Crippen molar-refractivity contribution in [2.75, 3.05) is 6.54 Å². The van der Waals surface area contributed by atoms with Crippen molar-refractivity contribution in [1.82, 2.24) is 10.3 Å². The van der Waals surface area contributed by atoms with Crippen LogP contribution < -0.4 is 5.32 Å². The van der Waals surface area contributed by atoms with Gasteiger partial charge in [-0.25, -0.2) is 0 Å². The smallest absolute Gasteiger partial charge is 0.107 e. The monoisotopic (exact) mass is 274 g/mol. The minimum absolute atomic E-state index is 0.447. The number of rotatable bonds is 5. The van der Waals surface area contributed by atoms with Gasteiger partial charge < -0.3 is 14.8 Å². The Hall–Kier alpha value is -1.65. The van der Waals surface area contributed by atoms with Crippen LogP contribution in [0.15, 0.2) is 28.8 Å². The van der Waals surface area contributed by atoms with E-state index in [1.54, 1.807) is 6.92 Å². The number of nitrogens with one attached hydrogen (secondary N) is 1. The first-order chi connectivity index (χ1) is 9.38. The van der Waals surface area contributed by atoms with E-state index in [2.05, 4.69) is 10.3 Å². The molecule has 20 heavy (non-hydrogen) atoms. The van der Waals surface area contributed by atoms with E-state index in [0.29, 0.717) is 13.1 Å². The molecule has 108 valence electrons. The molecule has 0 fully saturated rings. The van der Waals surface area contributed by atoms with E-state index < -0.39 is 5.60 Å². The topological polar surface area (TPSA) is 58.3 Å². The van der Waals surface area contributed by atoms with Crippen molar-refractivity contribution in [3.63, 3.8) is 0 Å². The molecule has 2 rings (SSSR count). The second-order valence-electron chi connectivity index (χ2n) is 5.53. The molecular weight excluding hydrogens is 252 g/mol. The maximum absolute atomic E-state index is 10.6. The van der Waals surface area contributed by atoms with E-state index in [4.69, 9.17) is 4.42 Å². The average Bonchev–Trinajstić information content (AvgIpc) is 2.72. The summed E-state index contributed by atoms with van der Waals surface area (Å²) < 4.78 is 5.48. The highest BCUT2D eigenvalue weighted by molar-refractivity contribution is 5.26. The summed E-state index contributed by atoms with van der Waals surface area (Å²) in [5.74, 6) is 1.58. The second-order valence-corrected chi connectivity index (χ2v) is 5.53. The Balaban J connectivity index is 1.95. The molecule has 2 N–H and O–H groups in total. The van der Waals surface area contributed by atoms with Gasteiger partial charge in [-0.15, -0.1) is 0 Å². The number of hydrogen-bond donors (Lipinski definition) is 2. The molecule has 4 heteroatoms. The Labute approximate surface area is 119 Å². The van der Waals surface area contributed by atoms with Crippen LogP contribution in [-0.2, 0) is 12.1 Å². The van der Waals surface area contributed by atoms with Gasteiger partial charge in [-0.05, 0) is 45.4 Å². The van der Waals surface area contributed by atoms with Crippen LogP contribution in [0.5, 0.6) is 0 Å². The zero-order valence-corrected chi connectivity index (χ0v) is 12.5. The summed E-state index contributed by atoms with van der Waals surface area (Å²) in [6, 6.07) is 5.91. The zero-order valence-electron chi connectivity index (χ0n) is 12.5. The maximum atomic E-state index is 10.6. The van der Waals surface area contributed by atoms with Crippen molar-refractivity contribution in [3.05, 3.63) is 52.7 Å². The summed E-state index contributed by atoms with van der Waals surface area (Å²) in [5, 5.41) is 13.8. The molecule has 0 saturated heterocycles. The third-order valence-corrected chi connectivity index (χ3v) is 3.37. The van der Waals surface area contributed by atoms with E-state index in [1.165, 1.54) is 0 Å². The number of nitrogens with zero attached hydrogens (tertiary/aromatic N) is 1.